The molecule has 0 fully saturated rings. The van der Waals surface area contributed by atoms with Crippen LogP contribution in [-0.4, -0.2) is 31.7 Å². The lowest BCUT2D eigenvalue weighted by Gasteiger charge is -2.13. The number of thiazole rings is 1. The molecule has 0 radical (unpaired) electrons. The van der Waals surface area contributed by atoms with Crippen molar-refractivity contribution in [2.45, 2.75) is 32.4 Å². The van der Waals surface area contributed by atoms with Gasteiger partial charge in [-0.1, -0.05) is 6.92 Å². The number of rotatable bonds is 7. The number of sulfonamides is 1. The van der Waals surface area contributed by atoms with Crippen molar-refractivity contribution in [3.8, 4) is 0 Å². The van der Waals surface area contributed by atoms with E-state index in [9.17, 15) is 8.42 Å². The van der Waals surface area contributed by atoms with Crippen molar-refractivity contribution in [3.05, 3.63) is 11.1 Å². The highest BCUT2D eigenvalue weighted by atomic mass is 32.2. The van der Waals surface area contributed by atoms with Gasteiger partial charge in [0.2, 0.25) is 10.0 Å². The number of hydrogen-bond donors (Lipinski definition) is 2. The van der Waals surface area contributed by atoms with E-state index in [0.717, 1.165) is 17.8 Å². The van der Waals surface area contributed by atoms with E-state index in [4.69, 9.17) is 0 Å². The molecule has 1 aromatic heterocycles. The molecule has 0 saturated heterocycles. The molecule has 0 spiro atoms. The molecule has 0 saturated carbocycles. The van der Waals surface area contributed by atoms with Gasteiger partial charge in [0.15, 0.2) is 5.13 Å². The maximum Gasteiger partial charge on any atom is 0.238 e. The van der Waals surface area contributed by atoms with Crippen LogP contribution < -0.4 is 10.0 Å². The highest BCUT2D eigenvalue weighted by Gasteiger charge is 2.21. The number of hydrogen-bond acceptors (Lipinski definition) is 5. The van der Waals surface area contributed by atoms with Gasteiger partial charge in [0.25, 0.3) is 0 Å². The van der Waals surface area contributed by atoms with Gasteiger partial charge in [0.1, 0.15) is 0 Å². The molecule has 1 atom stereocenters. The molecule has 98 valence electrons. The minimum atomic E-state index is -3.35. The maximum absolute atomic E-state index is 11.9. The molecule has 0 aliphatic heterocycles. The second kappa shape index (κ2) is 6.32. The van der Waals surface area contributed by atoms with Crippen LogP contribution in [0.2, 0.25) is 0 Å². The molecule has 0 amide bonds. The van der Waals surface area contributed by atoms with Crippen LogP contribution in [0.15, 0.2) is 6.20 Å². The standard InChI is InChI=1S/C10H19N3O2S2/c1-4-5-11-7-9(3)17(14,15)13-10-12-6-8(2)16-10/h6,9,11H,4-5,7H2,1-3H3,(H,12,13). The summed E-state index contributed by atoms with van der Waals surface area (Å²) in [6.07, 6.45) is 2.65. The first-order valence-electron chi connectivity index (χ1n) is 5.60. The van der Waals surface area contributed by atoms with Gasteiger partial charge in [-0.05, 0) is 26.8 Å². The van der Waals surface area contributed by atoms with Crippen LogP contribution in [0.4, 0.5) is 5.13 Å². The lowest BCUT2D eigenvalue weighted by atomic mass is 10.4. The van der Waals surface area contributed by atoms with Gasteiger partial charge in [-0.15, -0.1) is 11.3 Å². The van der Waals surface area contributed by atoms with Gasteiger partial charge in [0, 0.05) is 17.6 Å². The van der Waals surface area contributed by atoms with E-state index in [1.807, 2.05) is 13.8 Å². The third kappa shape index (κ3) is 4.61. The molecule has 0 aromatic carbocycles. The Morgan fingerprint density at radius 2 is 2.24 bits per heavy atom. The number of anilines is 1. The van der Waals surface area contributed by atoms with Gasteiger partial charge < -0.3 is 5.32 Å². The molecule has 5 nitrogen and oxygen atoms in total. The average Bonchev–Trinajstić information content (AvgIpc) is 2.63. The van der Waals surface area contributed by atoms with Gasteiger partial charge in [-0.3, -0.25) is 4.72 Å². The van der Waals surface area contributed by atoms with Crippen LogP contribution in [-0.2, 0) is 10.0 Å². The van der Waals surface area contributed by atoms with Gasteiger partial charge in [-0.25, -0.2) is 13.4 Å². The van der Waals surface area contributed by atoms with Crippen LogP contribution in [0.25, 0.3) is 0 Å². The normalized spacial score (nSPS) is 13.6. The molecule has 1 aromatic rings. The van der Waals surface area contributed by atoms with Gasteiger partial charge in [0.05, 0.1) is 5.25 Å². The topological polar surface area (TPSA) is 71.1 Å². The number of nitrogens with one attached hydrogen (secondary N) is 2. The Bertz CT molecular complexity index is 442. The Morgan fingerprint density at radius 1 is 1.53 bits per heavy atom. The van der Waals surface area contributed by atoms with Gasteiger partial charge in [-0.2, -0.15) is 0 Å². The van der Waals surface area contributed by atoms with E-state index in [1.54, 1.807) is 13.1 Å². The zero-order chi connectivity index (χ0) is 12.9. The predicted octanol–water partition coefficient (Wildman–Crippen LogP) is 1.58. The fourth-order valence-electron chi connectivity index (χ4n) is 1.22. The molecule has 2 N–H and O–H groups in total. The van der Waals surface area contributed by atoms with E-state index in [1.165, 1.54) is 11.3 Å². The van der Waals surface area contributed by atoms with Crippen molar-refractivity contribution < 1.29 is 8.42 Å². The van der Waals surface area contributed by atoms with Crippen molar-refractivity contribution in [2.75, 3.05) is 17.8 Å². The highest BCUT2D eigenvalue weighted by molar-refractivity contribution is 7.93. The molecular formula is C10H19N3O2S2. The summed E-state index contributed by atoms with van der Waals surface area (Å²) < 4.78 is 26.3. The molecule has 0 aliphatic rings. The largest absolute Gasteiger partial charge is 0.315 e. The summed E-state index contributed by atoms with van der Waals surface area (Å²) in [5.74, 6) is 0. The Morgan fingerprint density at radius 3 is 2.76 bits per heavy atom. The molecule has 0 bridgehead atoms. The van der Waals surface area contributed by atoms with Gasteiger partial charge >= 0.3 is 0 Å². The molecular weight excluding hydrogens is 258 g/mol. The SMILES string of the molecule is CCCNCC(C)S(=O)(=O)Nc1ncc(C)s1. The molecule has 17 heavy (non-hydrogen) atoms. The summed E-state index contributed by atoms with van der Waals surface area (Å²) in [6.45, 7) is 6.90. The number of aryl methyl sites for hydroxylation is 1. The first-order valence-corrected chi connectivity index (χ1v) is 7.96. The predicted molar refractivity (Wildman–Crippen MR) is 72.0 cm³/mol. The zero-order valence-electron chi connectivity index (χ0n) is 10.4. The summed E-state index contributed by atoms with van der Waals surface area (Å²) in [4.78, 5) is 4.97. The average molecular weight is 277 g/mol. The summed E-state index contributed by atoms with van der Waals surface area (Å²) in [5, 5.41) is 3.06. The summed E-state index contributed by atoms with van der Waals surface area (Å²) in [7, 11) is -3.35. The van der Waals surface area contributed by atoms with Crippen LogP contribution in [0.5, 0.6) is 0 Å². The van der Waals surface area contributed by atoms with Crippen LogP contribution in [0.1, 0.15) is 25.1 Å². The van der Waals surface area contributed by atoms with Crippen LogP contribution in [0.3, 0.4) is 0 Å². The second-order valence-electron chi connectivity index (χ2n) is 3.94. The molecule has 1 heterocycles. The quantitative estimate of drug-likeness (QED) is 0.742. The minimum Gasteiger partial charge on any atom is -0.315 e. The van der Waals surface area contributed by atoms with Crippen LogP contribution in [0, 0.1) is 6.92 Å². The van der Waals surface area contributed by atoms with Crippen molar-refractivity contribution in [3.63, 3.8) is 0 Å². The first kappa shape index (κ1) is 14.4. The zero-order valence-corrected chi connectivity index (χ0v) is 12.0. The van der Waals surface area contributed by atoms with E-state index in [2.05, 4.69) is 15.0 Å². The maximum atomic E-state index is 11.9. The van der Waals surface area contributed by atoms with E-state index in [-0.39, 0.29) is 0 Å². The summed E-state index contributed by atoms with van der Waals surface area (Å²) in [6, 6.07) is 0. The Hall–Kier alpha value is -0.660. The van der Waals surface area contributed by atoms with Crippen molar-refractivity contribution in [1.29, 1.82) is 0 Å². The number of aromatic nitrogens is 1. The van der Waals surface area contributed by atoms with Crippen molar-refractivity contribution in [2.24, 2.45) is 0 Å². The fraction of sp³-hybridized carbons (Fsp3) is 0.700. The third-order valence-corrected chi connectivity index (χ3v) is 4.90. The second-order valence-corrected chi connectivity index (χ2v) is 7.27. The van der Waals surface area contributed by atoms with E-state index >= 15 is 0 Å². The highest BCUT2D eigenvalue weighted by Crippen LogP contribution is 2.18. The fourth-order valence-corrected chi connectivity index (χ4v) is 3.08. The monoisotopic (exact) mass is 277 g/mol. The molecule has 0 aliphatic carbocycles. The Kier molecular flexibility index (Phi) is 5.35. The molecule has 7 heteroatoms. The minimum absolute atomic E-state index is 0.435. The smallest absolute Gasteiger partial charge is 0.238 e. The lowest BCUT2D eigenvalue weighted by Crippen LogP contribution is -2.35. The number of nitrogens with zero attached hydrogens (tertiary/aromatic N) is 1. The Balaban J connectivity index is 2.55. The summed E-state index contributed by atoms with van der Waals surface area (Å²) in [5.41, 5.74) is 0. The van der Waals surface area contributed by atoms with E-state index in [0.29, 0.717) is 11.7 Å². The van der Waals surface area contributed by atoms with Crippen LogP contribution >= 0.6 is 11.3 Å². The van der Waals surface area contributed by atoms with E-state index < -0.39 is 15.3 Å². The molecule has 1 unspecified atom stereocenters. The van der Waals surface area contributed by atoms with Crippen molar-refractivity contribution >= 4 is 26.5 Å². The van der Waals surface area contributed by atoms with Crippen molar-refractivity contribution in [1.82, 2.24) is 10.3 Å². The summed E-state index contributed by atoms with van der Waals surface area (Å²) >= 11 is 1.34. The Labute approximate surface area is 107 Å². The lowest BCUT2D eigenvalue weighted by molar-refractivity contribution is 0.575. The third-order valence-electron chi connectivity index (χ3n) is 2.24. The molecule has 1 rings (SSSR count). The first-order chi connectivity index (χ1) is 7.95.